The Morgan fingerprint density at radius 1 is 1.11 bits per heavy atom. The van der Waals surface area contributed by atoms with Gasteiger partial charge in [0, 0.05) is 36.3 Å². The van der Waals surface area contributed by atoms with Crippen LogP contribution in [0.4, 0.5) is 5.69 Å². The second-order valence-corrected chi connectivity index (χ2v) is 4.69. The van der Waals surface area contributed by atoms with Crippen molar-refractivity contribution in [3.63, 3.8) is 0 Å². The van der Waals surface area contributed by atoms with E-state index in [9.17, 15) is 4.79 Å². The van der Waals surface area contributed by atoms with Crippen LogP contribution in [0.2, 0.25) is 0 Å². The molecule has 0 aliphatic carbocycles. The van der Waals surface area contributed by atoms with E-state index in [1.54, 1.807) is 6.07 Å². The minimum Gasteiger partial charge on any atom is -0.423 e. The lowest BCUT2D eigenvalue weighted by Gasteiger charge is -2.21. The lowest BCUT2D eigenvalue weighted by molar-refractivity contribution is 0.558. The van der Waals surface area contributed by atoms with Crippen molar-refractivity contribution in [1.29, 1.82) is 0 Å². The summed E-state index contributed by atoms with van der Waals surface area (Å²) in [5.74, 6) is 0. The van der Waals surface area contributed by atoms with Crippen LogP contribution < -0.4 is 10.5 Å². The molecule has 1 aromatic heterocycles. The van der Waals surface area contributed by atoms with E-state index < -0.39 is 0 Å². The van der Waals surface area contributed by atoms with Crippen molar-refractivity contribution >= 4 is 16.7 Å². The molecule has 1 aromatic carbocycles. The molecule has 0 aliphatic rings. The number of hydrogen-bond donors (Lipinski definition) is 0. The van der Waals surface area contributed by atoms with Gasteiger partial charge in [-0.2, -0.15) is 0 Å². The van der Waals surface area contributed by atoms with Crippen LogP contribution in [0.3, 0.4) is 0 Å². The third kappa shape index (κ3) is 2.80. The van der Waals surface area contributed by atoms with E-state index in [2.05, 4.69) is 37.8 Å². The average molecular weight is 259 g/mol. The van der Waals surface area contributed by atoms with Gasteiger partial charge < -0.3 is 9.32 Å². The minimum absolute atomic E-state index is 0.257. The van der Waals surface area contributed by atoms with Crippen molar-refractivity contribution in [2.24, 2.45) is 0 Å². The van der Waals surface area contributed by atoms with Gasteiger partial charge in [-0.3, -0.25) is 0 Å². The molecule has 19 heavy (non-hydrogen) atoms. The summed E-state index contributed by atoms with van der Waals surface area (Å²) in [6.45, 7) is 8.25. The van der Waals surface area contributed by atoms with Gasteiger partial charge in [0.2, 0.25) is 0 Å². The highest BCUT2D eigenvalue weighted by molar-refractivity contribution is 5.83. The number of hydrogen-bond acceptors (Lipinski definition) is 3. The first-order valence-electron chi connectivity index (χ1n) is 7.01. The standard InChI is InChI=1S/C16H21NO2/c1-4-7-12-10-16(18)19-15-11-13(8-9-14(12)15)17(5-2)6-3/h8-11H,4-7H2,1-3H3. The average Bonchev–Trinajstić information content (AvgIpc) is 2.40. The second kappa shape index (κ2) is 5.91. The van der Waals surface area contributed by atoms with E-state index in [1.165, 1.54) is 0 Å². The maximum absolute atomic E-state index is 11.6. The summed E-state index contributed by atoms with van der Waals surface area (Å²) in [7, 11) is 0. The first-order valence-corrected chi connectivity index (χ1v) is 7.01. The highest BCUT2D eigenvalue weighted by Gasteiger charge is 2.08. The molecule has 0 spiro atoms. The predicted molar refractivity (Wildman–Crippen MR) is 80.0 cm³/mol. The lowest BCUT2D eigenvalue weighted by atomic mass is 10.1. The topological polar surface area (TPSA) is 33.5 Å². The highest BCUT2D eigenvalue weighted by atomic mass is 16.4. The normalized spacial score (nSPS) is 10.9. The lowest BCUT2D eigenvalue weighted by Crippen LogP contribution is -2.21. The minimum atomic E-state index is -0.257. The Morgan fingerprint density at radius 3 is 2.47 bits per heavy atom. The third-order valence-electron chi connectivity index (χ3n) is 3.46. The Labute approximate surface area is 113 Å². The summed E-state index contributed by atoms with van der Waals surface area (Å²) in [5.41, 5.74) is 2.63. The van der Waals surface area contributed by atoms with Crippen molar-refractivity contribution in [3.8, 4) is 0 Å². The maximum atomic E-state index is 11.6. The summed E-state index contributed by atoms with van der Waals surface area (Å²) in [4.78, 5) is 13.9. The van der Waals surface area contributed by atoms with Gasteiger partial charge in [-0.15, -0.1) is 0 Å². The molecule has 0 N–H and O–H groups in total. The Kier molecular flexibility index (Phi) is 4.25. The van der Waals surface area contributed by atoms with Crippen molar-refractivity contribution < 1.29 is 4.42 Å². The molecule has 0 amide bonds. The van der Waals surface area contributed by atoms with Gasteiger partial charge in [0.25, 0.3) is 0 Å². The first-order chi connectivity index (χ1) is 9.19. The molecule has 0 atom stereocenters. The zero-order chi connectivity index (χ0) is 13.8. The van der Waals surface area contributed by atoms with Crippen molar-refractivity contribution in [2.45, 2.75) is 33.6 Å². The quantitative estimate of drug-likeness (QED) is 0.769. The molecule has 3 nitrogen and oxygen atoms in total. The molecule has 102 valence electrons. The number of aryl methyl sites for hydroxylation is 1. The fourth-order valence-corrected chi connectivity index (χ4v) is 2.48. The molecule has 1 heterocycles. The Hall–Kier alpha value is -1.77. The van der Waals surface area contributed by atoms with Gasteiger partial charge in [0.1, 0.15) is 5.58 Å². The van der Waals surface area contributed by atoms with Crippen LogP contribution in [-0.4, -0.2) is 13.1 Å². The van der Waals surface area contributed by atoms with Crippen LogP contribution in [0, 0.1) is 0 Å². The number of benzene rings is 1. The fraction of sp³-hybridized carbons (Fsp3) is 0.438. The van der Waals surface area contributed by atoms with Gasteiger partial charge in [0.05, 0.1) is 0 Å². The summed E-state index contributed by atoms with van der Waals surface area (Å²) in [6, 6.07) is 7.76. The van der Waals surface area contributed by atoms with E-state index in [4.69, 9.17) is 4.42 Å². The molecule has 0 bridgehead atoms. The largest absolute Gasteiger partial charge is 0.423 e. The zero-order valence-corrected chi connectivity index (χ0v) is 11.9. The molecule has 0 saturated carbocycles. The number of anilines is 1. The Balaban J connectivity index is 2.57. The fourth-order valence-electron chi connectivity index (χ4n) is 2.48. The van der Waals surface area contributed by atoms with Crippen LogP contribution >= 0.6 is 0 Å². The Morgan fingerprint density at radius 2 is 1.84 bits per heavy atom. The summed E-state index contributed by atoms with van der Waals surface area (Å²) in [5, 5.41) is 1.05. The van der Waals surface area contributed by atoms with Gasteiger partial charge in [0.15, 0.2) is 0 Å². The molecule has 0 radical (unpaired) electrons. The van der Waals surface area contributed by atoms with Crippen LogP contribution in [-0.2, 0) is 6.42 Å². The van der Waals surface area contributed by atoms with Crippen molar-refractivity contribution in [2.75, 3.05) is 18.0 Å². The van der Waals surface area contributed by atoms with Gasteiger partial charge in [-0.05, 0) is 38.0 Å². The van der Waals surface area contributed by atoms with Crippen LogP contribution in [0.1, 0.15) is 32.8 Å². The molecular weight excluding hydrogens is 238 g/mol. The van der Waals surface area contributed by atoms with E-state index in [1.807, 2.05) is 6.07 Å². The predicted octanol–water partition coefficient (Wildman–Crippen LogP) is 3.59. The number of nitrogens with zero attached hydrogens (tertiary/aromatic N) is 1. The number of fused-ring (bicyclic) bond motifs is 1. The molecule has 0 fully saturated rings. The van der Waals surface area contributed by atoms with E-state index in [-0.39, 0.29) is 5.63 Å². The molecule has 2 aromatic rings. The van der Waals surface area contributed by atoms with Crippen molar-refractivity contribution in [1.82, 2.24) is 0 Å². The third-order valence-corrected chi connectivity index (χ3v) is 3.46. The van der Waals surface area contributed by atoms with E-state index in [0.717, 1.165) is 42.6 Å². The molecular formula is C16H21NO2. The van der Waals surface area contributed by atoms with E-state index >= 15 is 0 Å². The molecule has 2 rings (SSSR count). The smallest absolute Gasteiger partial charge is 0.336 e. The highest BCUT2D eigenvalue weighted by Crippen LogP contribution is 2.24. The molecule has 0 saturated heterocycles. The molecule has 0 unspecified atom stereocenters. The van der Waals surface area contributed by atoms with Crippen LogP contribution in [0.25, 0.3) is 11.0 Å². The van der Waals surface area contributed by atoms with Crippen LogP contribution in [0.5, 0.6) is 0 Å². The SMILES string of the molecule is CCCc1cc(=O)oc2cc(N(CC)CC)ccc12. The van der Waals surface area contributed by atoms with Gasteiger partial charge >= 0.3 is 5.63 Å². The van der Waals surface area contributed by atoms with Crippen LogP contribution in [0.15, 0.2) is 33.5 Å². The molecule has 0 aliphatic heterocycles. The van der Waals surface area contributed by atoms with E-state index in [0.29, 0.717) is 5.58 Å². The second-order valence-electron chi connectivity index (χ2n) is 4.69. The summed E-state index contributed by atoms with van der Waals surface area (Å²) in [6.07, 6.45) is 1.93. The monoisotopic (exact) mass is 259 g/mol. The van der Waals surface area contributed by atoms with Gasteiger partial charge in [-0.25, -0.2) is 4.79 Å². The van der Waals surface area contributed by atoms with Crippen molar-refractivity contribution in [3.05, 3.63) is 40.2 Å². The number of rotatable bonds is 5. The maximum Gasteiger partial charge on any atom is 0.336 e. The van der Waals surface area contributed by atoms with Gasteiger partial charge in [-0.1, -0.05) is 13.3 Å². The summed E-state index contributed by atoms with van der Waals surface area (Å²) >= 11 is 0. The Bertz CT molecular complexity index is 612. The first kappa shape index (κ1) is 13.7. The summed E-state index contributed by atoms with van der Waals surface area (Å²) < 4.78 is 5.35. The zero-order valence-electron chi connectivity index (χ0n) is 11.9. The molecule has 3 heteroatoms.